The third kappa shape index (κ3) is 4.99. The van der Waals surface area contributed by atoms with Gasteiger partial charge in [-0.15, -0.1) is 0 Å². The van der Waals surface area contributed by atoms with Crippen molar-refractivity contribution in [3.8, 4) is 0 Å². The fourth-order valence-electron chi connectivity index (χ4n) is 2.38. The third-order valence-corrected chi connectivity index (χ3v) is 3.49. The molecule has 1 heterocycles. The van der Waals surface area contributed by atoms with Gasteiger partial charge in [-0.05, 0) is 25.0 Å². The van der Waals surface area contributed by atoms with Crippen LogP contribution in [0.25, 0.3) is 0 Å². The van der Waals surface area contributed by atoms with Crippen molar-refractivity contribution in [2.24, 2.45) is 0 Å². The van der Waals surface area contributed by atoms with Gasteiger partial charge < -0.3 is 10.6 Å². The van der Waals surface area contributed by atoms with E-state index in [-0.39, 0.29) is 24.7 Å². The van der Waals surface area contributed by atoms with Crippen LogP contribution in [0, 0.1) is 0 Å². The molecule has 1 aliphatic rings. The molecular weight excluding hydrogens is 254 g/mol. The molecule has 2 rings (SSSR count). The molecule has 0 aromatic carbocycles. The summed E-state index contributed by atoms with van der Waals surface area (Å²) < 4.78 is 0. The van der Waals surface area contributed by atoms with Gasteiger partial charge in [0.15, 0.2) is 0 Å². The second kappa shape index (κ2) is 7.62. The molecule has 1 saturated carbocycles. The van der Waals surface area contributed by atoms with Crippen LogP contribution in [0.15, 0.2) is 24.4 Å². The van der Waals surface area contributed by atoms with E-state index in [1.165, 1.54) is 12.8 Å². The summed E-state index contributed by atoms with van der Waals surface area (Å²) in [6.07, 6.45) is 6.69. The maximum absolute atomic E-state index is 11.7. The molecule has 1 aliphatic carbocycles. The van der Waals surface area contributed by atoms with E-state index in [1.54, 1.807) is 6.20 Å². The van der Waals surface area contributed by atoms with Gasteiger partial charge in [-0.1, -0.05) is 18.9 Å². The third-order valence-electron chi connectivity index (χ3n) is 3.49. The second-order valence-corrected chi connectivity index (χ2v) is 5.15. The lowest BCUT2D eigenvalue weighted by Crippen LogP contribution is -2.33. The highest BCUT2D eigenvalue weighted by molar-refractivity contribution is 5.83. The first-order valence-electron chi connectivity index (χ1n) is 7.20. The van der Waals surface area contributed by atoms with Crippen molar-refractivity contribution < 1.29 is 9.59 Å². The van der Waals surface area contributed by atoms with Crippen LogP contribution >= 0.6 is 0 Å². The van der Waals surface area contributed by atoms with Crippen molar-refractivity contribution in [1.82, 2.24) is 15.6 Å². The zero-order valence-corrected chi connectivity index (χ0v) is 11.6. The summed E-state index contributed by atoms with van der Waals surface area (Å²) in [7, 11) is 0. The summed E-state index contributed by atoms with van der Waals surface area (Å²) in [6, 6.07) is 5.88. The average Bonchev–Trinajstić information content (AvgIpc) is 2.97. The molecule has 2 amide bonds. The smallest absolute Gasteiger partial charge is 0.220 e. The van der Waals surface area contributed by atoms with Crippen LogP contribution in [0.5, 0.6) is 0 Å². The normalized spacial score (nSPS) is 15.0. The van der Waals surface area contributed by atoms with Crippen molar-refractivity contribution in [3.63, 3.8) is 0 Å². The van der Waals surface area contributed by atoms with Gasteiger partial charge >= 0.3 is 0 Å². The average molecular weight is 275 g/mol. The number of pyridine rings is 1. The van der Waals surface area contributed by atoms with Gasteiger partial charge in [0, 0.05) is 25.1 Å². The Hall–Kier alpha value is -1.91. The van der Waals surface area contributed by atoms with Crippen molar-refractivity contribution in [2.75, 3.05) is 0 Å². The molecule has 0 aliphatic heterocycles. The summed E-state index contributed by atoms with van der Waals surface area (Å²) in [6.45, 7) is 0.407. The minimum atomic E-state index is -0.114. The molecule has 0 radical (unpaired) electrons. The fraction of sp³-hybridized carbons (Fsp3) is 0.533. The van der Waals surface area contributed by atoms with E-state index in [4.69, 9.17) is 0 Å². The quantitative estimate of drug-likeness (QED) is 0.827. The predicted molar refractivity (Wildman–Crippen MR) is 75.7 cm³/mol. The van der Waals surface area contributed by atoms with Gasteiger partial charge in [0.05, 0.1) is 12.2 Å². The van der Waals surface area contributed by atoms with Gasteiger partial charge in [0.1, 0.15) is 0 Å². The van der Waals surface area contributed by atoms with Crippen molar-refractivity contribution >= 4 is 11.8 Å². The summed E-state index contributed by atoms with van der Waals surface area (Å²) in [4.78, 5) is 27.4. The highest BCUT2D eigenvalue weighted by Crippen LogP contribution is 2.17. The van der Waals surface area contributed by atoms with Gasteiger partial charge in [0.2, 0.25) is 11.8 Å². The Balaban J connectivity index is 1.61. The molecule has 1 aromatic heterocycles. The lowest BCUT2D eigenvalue weighted by atomic mass is 10.2. The fourth-order valence-corrected chi connectivity index (χ4v) is 2.38. The second-order valence-electron chi connectivity index (χ2n) is 5.15. The first-order chi connectivity index (χ1) is 9.74. The van der Waals surface area contributed by atoms with Crippen LogP contribution in [-0.4, -0.2) is 22.8 Å². The number of aromatic nitrogens is 1. The van der Waals surface area contributed by atoms with E-state index in [0.29, 0.717) is 12.6 Å². The molecule has 20 heavy (non-hydrogen) atoms. The maximum Gasteiger partial charge on any atom is 0.220 e. The predicted octanol–water partition coefficient (Wildman–Crippen LogP) is 1.54. The van der Waals surface area contributed by atoms with Gasteiger partial charge in [0.25, 0.3) is 0 Å². The topological polar surface area (TPSA) is 71.1 Å². The van der Waals surface area contributed by atoms with Gasteiger partial charge in [-0.2, -0.15) is 0 Å². The van der Waals surface area contributed by atoms with E-state index < -0.39 is 0 Å². The zero-order chi connectivity index (χ0) is 14.2. The van der Waals surface area contributed by atoms with Crippen LogP contribution in [0.2, 0.25) is 0 Å². The lowest BCUT2D eigenvalue weighted by molar-refractivity contribution is -0.126. The molecule has 0 atom stereocenters. The Bertz CT molecular complexity index is 442. The van der Waals surface area contributed by atoms with Crippen LogP contribution in [0.1, 0.15) is 44.2 Å². The molecule has 0 saturated heterocycles. The molecule has 0 unspecified atom stereocenters. The Labute approximate surface area is 119 Å². The van der Waals surface area contributed by atoms with Crippen LogP contribution in [0.4, 0.5) is 0 Å². The monoisotopic (exact) mass is 275 g/mol. The Morgan fingerprint density at radius 3 is 2.60 bits per heavy atom. The van der Waals surface area contributed by atoms with Crippen molar-refractivity contribution in [3.05, 3.63) is 30.1 Å². The van der Waals surface area contributed by atoms with E-state index in [9.17, 15) is 9.59 Å². The molecule has 1 aromatic rings. The number of amides is 2. The van der Waals surface area contributed by atoms with Gasteiger partial charge in [-0.3, -0.25) is 14.6 Å². The van der Waals surface area contributed by atoms with E-state index in [0.717, 1.165) is 18.5 Å². The summed E-state index contributed by atoms with van der Waals surface area (Å²) in [5, 5.41) is 5.74. The molecule has 108 valence electrons. The van der Waals surface area contributed by atoms with E-state index >= 15 is 0 Å². The number of carbonyl (C=O) groups excluding carboxylic acids is 2. The highest BCUT2D eigenvalue weighted by Gasteiger charge is 2.17. The Kier molecular flexibility index (Phi) is 5.53. The number of rotatable bonds is 6. The lowest BCUT2D eigenvalue weighted by Gasteiger charge is -2.11. The first-order valence-corrected chi connectivity index (χ1v) is 7.20. The molecule has 5 nitrogen and oxygen atoms in total. The van der Waals surface area contributed by atoms with Crippen molar-refractivity contribution in [1.29, 1.82) is 0 Å². The molecule has 2 N–H and O–H groups in total. The van der Waals surface area contributed by atoms with Crippen LogP contribution < -0.4 is 10.6 Å². The number of hydrogen-bond acceptors (Lipinski definition) is 3. The zero-order valence-electron chi connectivity index (χ0n) is 11.6. The van der Waals surface area contributed by atoms with Gasteiger partial charge in [-0.25, -0.2) is 0 Å². The molecular formula is C15H21N3O2. The SMILES string of the molecule is O=C(CCC(=O)NC1CCCC1)NCc1ccccn1. The Morgan fingerprint density at radius 2 is 1.90 bits per heavy atom. The number of nitrogens with one attached hydrogen (secondary N) is 2. The summed E-state index contributed by atoms with van der Waals surface area (Å²) in [5.41, 5.74) is 0.816. The largest absolute Gasteiger partial charge is 0.353 e. The minimum Gasteiger partial charge on any atom is -0.353 e. The van der Waals surface area contributed by atoms with Crippen LogP contribution in [0.3, 0.4) is 0 Å². The number of carbonyl (C=O) groups is 2. The minimum absolute atomic E-state index is 0.0233. The number of hydrogen-bond donors (Lipinski definition) is 2. The van der Waals surface area contributed by atoms with E-state index in [2.05, 4.69) is 15.6 Å². The molecule has 1 fully saturated rings. The van der Waals surface area contributed by atoms with E-state index in [1.807, 2.05) is 18.2 Å². The maximum atomic E-state index is 11.7. The molecule has 5 heteroatoms. The standard InChI is InChI=1S/C15H21N3O2/c19-14(17-11-13-7-3-4-10-16-13)8-9-15(20)18-12-5-1-2-6-12/h3-4,7,10,12H,1-2,5-6,8-9,11H2,(H,17,19)(H,18,20). The van der Waals surface area contributed by atoms with Crippen LogP contribution in [-0.2, 0) is 16.1 Å². The Morgan fingerprint density at radius 1 is 1.15 bits per heavy atom. The number of nitrogens with zero attached hydrogens (tertiary/aromatic N) is 1. The highest BCUT2D eigenvalue weighted by atomic mass is 16.2. The van der Waals surface area contributed by atoms with Crippen molar-refractivity contribution in [2.45, 2.75) is 51.1 Å². The molecule has 0 bridgehead atoms. The first kappa shape index (κ1) is 14.5. The summed E-state index contributed by atoms with van der Waals surface area (Å²) >= 11 is 0. The molecule has 0 spiro atoms. The summed E-state index contributed by atoms with van der Waals surface area (Å²) in [5.74, 6) is -0.137.